The highest BCUT2D eigenvalue weighted by molar-refractivity contribution is 7.92. The largest absolute Gasteiger partial charge is 0.494 e. The molecule has 0 fully saturated rings. The van der Waals surface area contributed by atoms with E-state index in [0.717, 1.165) is 15.6 Å². The fraction of sp³-hybridized carbons (Fsp3) is 0.240. The van der Waals surface area contributed by atoms with Gasteiger partial charge in [-0.05, 0) is 61.9 Å². The summed E-state index contributed by atoms with van der Waals surface area (Å²) < 4.78 is 38.9. The SMILES string of the molecule is CCOc1ccc(S(=O)(=O)N(CC(=O)NCCOc2ccccc2C)c2ccccc2)cc1. The van der Waals surface area contributed by atoms with Crippen molar-refractivity contribution in [2.24, 2.45) is 0 Å². The monoisotopic (exact) mass is 468 g/mol. The molecule has 7 nitrogen and oxygen atoms in total. The Labute approximate surface area is 195 Å². The highest BCUT2D eigenvalue weighted by Crippen LogP contribution is 2.25. The van der Waals surface area contributed by atoms with Gasteiger partial charge in [-0.15, -0.1) is 0 Å². The van der Waals surface area contributed by atoms with Crippen molar-refractivity contribution in [3.8, 4) is 11.5 Å². The number of para-hydroxylation sites is 2. The van der Waals surface area contributed by atoms with Crippen LogP contribution in [0.4, 0.5) is 5.69 Å². The molecule has 1 amide bonds. The number of rotatable bonds is 11. The molecule has 0 bridgehead atoms. The summed E-state index contributed by atoms with van der Waals surface area (Å²) in [4.78, 5) is 12.7. The summed E-state index contributed by atoms with van der Waals surface area (Å²) in [6.45, 7) is 4.44. The van der Waals surface area contributed by atoms with Crippen LogP contribution in [-0.4, -0.2) is 40.6 Å². The quantitative estimate of drug-likeness (QED) is 0.433. The van der Waals surface area contributed by atoms with Crippen LogP contribution in [0.1, 0.15) is 12.5 Å². The lowest BCUT2D eigenvalue weighted by atomic mass is 10.2. The number of nitrogens with zero attached hydrogens (tertiary/aromatic N) is 1. The summed E-state index contributed by atoms with van der Waals surface area (Å²) in [5.41, 5.74) is 1.40. The van der Waals surface area contributed by atoms with E-state index < -0.39 is 15.9 Å². The van der Waals surface area contributed by atoms with Gasteiger partial charge in [-0.3, -0.25) is 9.10 Å². The van der Waals surface area contributed by atoms with Crippen LogP contribution in [0.3, 0.4) is 0 Å². The molecular weight excluding hydrogens is 440 g/mol. The van der Waals surface area contributed by atoms with E-state index in [0.29, 0.717) is 18.0 Å². The molecule has 0 aliphatic carbocycles. The van der Waals surface area contributed by atoms with Gasteiger partial charge in [0.25, 0.3) is 10.0 Å². The van der Waals surface area contributed by atoms with E-state index in [-0.39, 0.29) is 24.6 Å². The lowest BCUT2D eigenvalue weighted by Crippen LogP contribution is -2.41. The molecule has 3 aromatic carbocycles. The first-order valence-electron chi connectivity index (χ1n) is 10.7. The van der Waals surface area contributed by atoms with E-state index >= 15 is 0 Å². The van der Waals surface area contributed by atoms with Gasteiger partial charge in [0.1, 0.15) is 24.7 Å². The third kappa shape index (κ3) is 6.49. The minimum Gasteiger partial charge on any atom is -0.494 e. The molecule has 0 atom stereocenters. The number of carbonyl (C=O) groups excluding carboxylic acids is 1. The third-order valence-corrected chi connectivity index (χ3v) is 6.62. The summed E-state index contributed by atoms with van der Waals surface area (Å²) >= 11 is 0. The molecule has 0 saturated carbocycles. The van der Waals surface area contributed by atoms with E-state index in [1.165, 1.54) is 12.1 Å². The number of ether oxygens (including phenoxy) is 2. The number of hydrogen-bond acceptors (Lipinski definition) is 5. The van der Waals surface area contributed by atoms with Crippen molar-refractivity contribution in [2.75, 3.05) is 30.6 Å². The normalized spacial score (nSPS) is 11.0. The minimum atomic E-state index is -3.97. The maximum absolute atomic E-state index is 13.4. The van der Waals surface area contributed by atoms with Gasteiger partial charge in [-0.1, -0.05) is 36.4 Å². The van der Waals surface area contributed by atoms with Crippen LogP contribution in [0.25, 0.3) is 0 Å². The highest BCUT2D eigenvalue weighted by atomic mass is 32.2. The zero-order valence-electron chi connectivity index (χ0n) is 18.7. The molecule has 0 saturated heterocycles. The van der Waals surface area contributed by atoms with Crippen molar-refractivity contribution in [1.29, 1.82) is 0 Å². The zero-order valence-corrected chi connectivity index (χ0v) is 19.5. The van der Waals surface area contributed by atoms with E-state index in [1.54, 1.807) is 42.5 Å². The van der Waals surface area contributed by atoms with Crippen molar-refractivity contribution in [2.45, 2.75) is 18.7 Å². The van der Waals surface area contributed by atoms with Crippen molar-refractivity contribution < 1.29 is 22.7 Å². The van der Waals surface area contributed by atoms with Crippen molar-refractivity contribution in [1.82, 2.24) is 5.32 Å². The Morgan fingerprint density at radius 3 is 2.24 bits per heavy atom. The van der Waals surface area contributed by atoms with E-state index in [9.17, 15) is 13.2 Å². The number of carbonyl (C=O) groups is 1. The second kappa shape index (κ2) is 11.4. The number of benzene rings is 3. The van der Waals surface area contributed by atoms with Crippen LogP contribution >= 0.6 is 0 Å². The number of hydrogen-bond donors (Lipinski definition) is 1. The van der Waals surface area contributed by atoms with E-state index in [4.69, 9.17) is 9.47 Å². The predicted octanol–water partition coefficient (Wildman–Crippen LogP) is 3.78. The van der Waals surface area contributed by atoms with Gasteiger partial charge in [-0.2, -0.15) is 0 Å². The number of sulfonamides is 1. The second-order valence-corrected chi connectivity index (χ2v) is 9.08. The minimum absolute atomic E-state index is 0.0745. The van der Waals surface area contributed by atoms with Crippen LogP contribution in [0.5, 0.6) is 11.5 Å². The number of anilines is 1. The molecule has 1 N–H and O–H groups in total. The zero-order chi connectivity index (χ0) is 23.7. The van der Waals surface area contributed by atoms with Gasteiger partial charge in [0.2, 0.25) is 5.91 Å². The summed E-state index contributed by atoms with van der Waals surface area (Å²) in [6, 6.07) is 22.3. The van der Waals surface area contributed by atoms with Crippen LogP contribution in [-0.2, 0) is 14.8 Å². The van der Waals surface area contributed by atoms with Crippen LogP contribution in [0.2, 0.25) is 0 Å². The molecule has 0 spiro atoms. The summed E-state index contributed by atoms with van der Waals surface area (Å²) in [7, 11) is -3.97. The van der Waals surface area contributed by atoms with Crippen molar-refractivity contribution >= 4 is 21.6 Å². The van der Waals surface area contributed by atoms with Crippen LogP contribution < -0.4 is 19.1 Å². The molecular formula is C25H28N2O5S. The van der Waals surface area contributed by atoms with Gasteiger partial charge in [-0.25, -0.2) is 8.42 Å². The predicted molar refractivity (Wildman–Crippen MR) is 128 cm³/mol. The Morgan fingerprint density at radius 2 is 1.58 bits per heavy atom. The molecule has 0 unspecified atom stereocenters. The molecule has 33 heavy (non-hydrogen) atoms. The van der Waals surface area contributed by atoms with Gasteiger partial charge < -0.3 is 14.8 Å². The average Bonchev–Trinajstić information content (AvgIpc) is 2.82. The Hall–Kier alpha value is -3.52. The molecule has 0 aliphatic rings. The van der Waals surface area contributed by atoms with Gasteiger partial charge in [0, 0.05) is 0 Å². The summed E-state index contributed by atoms with van der Waals surface area (Å²) in [5.74, 6) is 0.895. The molecule has 0 radical (unpaired) electrons. The Balaban J connectivity index is 1.69. The van der Waals surface area contributed by atoms with Gasteiger partial charge >= 0.3 is 0 Å². The summed E-state index contributed by atoms with van der Waals surface area (Å²) in [6.07, 6.45) is 0. The second-order valence-electron chi connectivity index (χ2n) is 7.22. The Kier molecular flexibility index (Phi) is 8.32. The smallest absolute Gasteiger partial charge is 0.264 e. The molecule has 174 valence electrons. The average molecular weight is 469 g/mol. The third-order valence-electron chi connectivity index (χ3n) is 4.83. The first-order chi connectivity index (χ1) is 15.9. The first-order valence-corrected chi connectivity index (χ1v) is 12.1. The van der Waals surface area contributed by atoms with Crippen LogP contribution in [0, 0.1) is 6.92 Å². The van der Waals surface area contributed by atoms with Gasteiger partial charge in [0.15, 0.2) is 0 Å². The Bertz CT molecular complexity index is 1150. The van der Waals surface area contributed by atoms with Crippen LogP contribution in [0.15, 0.2) is 83.8 Å². The van der Waals surface area contributed by atoms with E-state index in [1.807, 2.05) is 38.1 Å². The fourth-order valence-corrected chi connectivity index (χ4v) is 4.59. The molecule has 0 heterocycles. The fourth-order valence-electron chi connectivity index (χ4n) is 3.17. The molecule has 3 rings (SSSR count). The van der Waals surface area contributed by atoms with Gasteiger partial charge in [0.05, 0.1) is 23.7 Å². The Morgan fingerprint density at radius 1 is 0.909 bits per heavy atom. The van der Waals surface area contributed by atoms with Crippen molar-refractivity contribution in [3.63, 3.8) is 0 Å². The molecule has 3 aromatic rings. The molecule has 0 aromatic heterocycles. The number of nitrogens with one attached hydrogen (secondary N) is 1. The number of amides is 1. The summed E-state index contributed by atoms with van der Waals surface area (Å²) in [5, 5.41) is 2.73. The number of aryl methyl sites for hydroxylation is 1. The standard InChI is InChI=1S/C25H28N2O5S/c1-3-31-22-13-15-23(16-14-22)33(29,30)27(21-10-5-4-6-11-21)19-25(28)26-17-18-32-24-12-8-7-9-20(24)2/h4-16H,3,17-19H2,1-2H3,(H,26,28). The highest BCUT2D eigenvalue weighted by Gasteiger charge is 2.27. The van der Waals surface area contributed by atoms with E-state index in [2.05, 4.69) is 5.32 Å². The maximum Gasteiger partial charge on any atom is 0.264 e. The lowest BCUT2D eigenvalue weighted by Gasteiger charge is -2.24. The lowest BCUT2D eigenvalue weighted by molar-refractivity contribution is -0.119. The topological polar surface area (TPSA) is 84.9 Å². The molecule has 8 heteroatoms. The maximum atomic E-state index is 13.4. The molecule has 0 aliphatic heterocycles. The van der Waals surface area contributed by atoms with Crippen molar-refractivity contribution in [3.05, 3.63) is 84.4 Å². The first kappa shape index (κ1) is 24.1.